The molecule has 0 unspecified atom stereocenters. The highest BCUT2D eigenvalue weighted by Gasteiger charge is 2.09. The first kappa shape index (κ1) is 14.7. The first-order valence-electron chi connectivity index (χ1n) is 5.56. The second-order valence-electron chi connectivity index (χ2n) is 3.99. The summed E-state index contributed by atoms with van der Waals surface area (Å²) in [5, 5.41) is 11.5. The Hall–Kier alpha value is -1.66. The summed E-state index contributed by atoms with van der Waals surface area (Å²) in [6, 6.07) is 11.2. The third-order valence-corrected chi connectivity index (χ3v) is 3.43. The molecule has 2 aromatic carbocycles. The second kappa shape index (κ2) is 6.19. The number of carboxylic acid groups (broad SMARTS) is 1. The van der Waals surface area contributed by atoms with Crippen molar-refractivity contribution in [1.29, 1.82) is 0 Å². The lowest BCUT2D eigenvalue weighted by Gasteiger charge is -2.07. The van der Waals surface area contributed by atoms with Crippen molar-refractivity contribution in [3.8, 4) is 0 Å². The SMILES string of the molecule is O=C(O)c1ccc(C(=O)Nc2cc(Br)cc(Br)c2)cc1. The first-order chi connectivity index (χ1) is 9.45. The van der Waals surface area contributed by atoms with Gasteiger partial charge in [0, 0.05) is 20.2 Å². The molecule has 0 spiro atoms. The van der Waals surface area contributed by atoms with Crippen LogP contribution in [0.5, 0.6) is 0 Å². The minimum atomic E-state index is -1.02. The van der Waals surface area contributed by atoms with Crippen molar-refractivity contribution in [3.63, 3.8) is 0 Å². The third kappa shape index (κ3) is 3.68. The number of nitrogens with one attached hydrogen (secondary N) is 1. The number of carboxylic acids is 1. The molecule has 0 fully saturated rings. The number of halogens is 2. The van der Waals surface area contributed by atoms with Crippen LogP contribution in [0.2, 0.25) is 0 Å². The van der Waals surface area contributed by atoms with Gasteiger partial charge in [-0.2, -0.15) is 0 Å². The van der Waals surface area contributed by atoms with Crippen LogP contribution < -0.4 is 5.32 Å². The lowest BCUT2D eigenvalue weighted by atomic mass is 10.1. The number of carbonyl (C=O) groups is 2. The van der Waals surface area contributed by atoms with Gasteiger partial charge in [0.1, 0.15) is 0 Å². The van der Waals surface area contributed by atoms with E-state index in [1.54, 1.807) is 12.1 Å². The van der Waals surface area contributed by atoms with Crippen molar-refractivity contribution in [2.24, 2.45) is 0 Å². The Morgan fingerprint density at radius 1 is 0.900 bits per heavy atom. The summed E-state index contributed by atoms with van der Waals surface area (Å²) in [5.41, 5.74) is 1.18. The molecule has 2 aromatic rings. The van der Waals surface area contributed by atoms with E-state index in [1.165, 1.54) is 24.3 Å². The zero-order chi connectivity index (χ0) is 14.7. The van der Waals surface area contributed by atoms with E-state index in [0.29, 0.717) is 11.3 Å². The number of amides is 1. The maximum atomic E-state index is 12.0. The molecular weight excluding hydrogens is 390 g/mol. The fourth-order valence-corrected chi connectivity index (χ4v) is 2.89. The average Bonchev–Trinajstić information content (AvgIpc) is 2.37. The molecule has 0 radical (unpaired) electrons. The van der Waals surface area contributed by atoms with Gasteiger partial charge >= 0.3 is 5.97 Å². The van der Waals surface area contributed by atoms with Crippen LogP contribution in [0.15, 0.2) is 51.4 Å². The molecule has 102 valence electrons. The van der Waals surface area contributed by atoms with E-state index < -0.39 is 5.97 Å². The van der Waals surface area contributed by atoms with E-state index in [-0.39, 0.29) is 11.5 Å². The molecule has 1 amide bonds. The highest BCUT2D eigenvalue weighted by molar-refractivity contribution is 9.11. The summed E-state index contributed by atoms with van der Waals surface area (Å²) < 4.78 is 1.67. The number of hydrogen-bond acceptors (Lipinski definition) is 2. The van der Waals surface area contributed by atoms with Crippen LogP contribution >= 0.6 is 31.9 Å². The van der Waals surface area contributed by atoms with Crippen LogP contribution in [0, 0.1) is 0 Å². The Kier molecular flexibility index (Phi) is 4.57. The fourth-order valence-electron chi connectivity index (χ4n) is 1.59. The van der Waals surface area contributed by atoms with Crippen LogP contribution in [0.1, 0.15) is 20.7 Å². The molecule has 4 nitrogen and oxygen atoms in total. The predicted molar refractivity (Wildman–Crippen MR) is 83.2 cm³/mol. The average molecular weight is 399 g/mol. The molecule has 0 saturated heterocycles. The highest BCUT2D eigenvalue weighted by atomic mass is 79.9. The molecule has 0 aromatic heterocycles. The largest absolute Gasteiger partial charge is 0.478 e. The van der Waals surface area contributed by atoms with Gasteiger partial charge < -0.3 is 10.4 Å². The van der Waals surface area contributed by atoms with Crippen molar-refractivity contribution in [2.45, 2.75) is 0 Å². The minimum absolute atomic E-state index is 0.145. The van der Waals surface area contributed by atoms with Crippen molar-refractivity contribution >= 4 is 49.4 Å². The fraction of sp³-hybridized carbons (Fsp3) is 0. The van der Waals surface area contributed by atoms with Gasteiger partial charge in [0.25, 0.3) is 5.91 Å². The molecule has 2 N–H and O–H groups in total. The molecule has 0 aliphatic carbocycles. The predicted octanol–water partition coefficient (Wildman–Crippen LogP) is 4.16. The Morgan fingerprint density at radius 3 is 1.90 bits per heavy atom. The van der Waals surface area contributed by atoms with Gasteiger partial charge in [0.2, 0.25) is 0 Å². The van der Waals surface area contributed by atoms with Gasteiger partial charge in [0.15, 0.2) is 0 Å². The van der Waals surface area contributed by atoms with Crippen LogP contribution in [0.3, 0.4) is 0 Å². The van der Waals surface area contributed by atoms with Crippen LogP contribution in [0.4, 0.5) is 5.69 Å². The Morgan fingerprint density at radius 2 is 1.40 bits per heavy atom. The van der Waals surface area contributed by atoms with Gasteiger partial charge in [-0.1, -0.05) is 31.9 Å². The molecule has 6 heteroatoms. The number of anilines is 1. The minimum Gasteiger partial charge on any atom is -0.478 e. The van der Waals surface area contributed by atoms with Crippen LogP contribution in [-0.4, -0.2) is 17.0 Å². The lowest BCUT2D eigenvalue weighted by molar-refractivity contribution is 0.0696. The molecule has 2 rings (SSSR count). The van der Waals surface area contributed by atoms with Crippen molar-refractivity contribution in [1.82, 2.24) is 0 Å². The monoisotopic (exact) mass is 397 g/mol. The van der Waals surface area contributed by atoms with Gasteiger partial charge in [-0.25, -0.2) is 4.79 Å². The molecule has 0 saturated carbocycles. The smallest absolute Gasteiger partial charge is 0.335 e. The van der Waals surface area contributed by atoms with Gasteiger partial charge in [-0.05, 0) is 42.5 Å². The van der Waals surface area contributed by atoms with E-state index in [2.05, 4.69) is 37.2 Å². The van der Waals surface area contributed by atoms with Crippen LogP contribution in [0.25, 0.3) is 0 Å². The van der Waals surface area contributed by atoms with Gasteiger partial charge in [-0.3, -0.25) is 4.79 Å². The molecule has 20 heavy (non-hydrogen) atoms. The Labute approximate surface area is 132 Å². The standard InChI is InChI=1S/C14H9Br2NO3/c15-10-5-11(16)7-12(6-10)17-13(18)8-1-3-9(4-2-8)14(19)20/h1-7H,(H,17,18)(H,19,20). The topological polar surface area (TPSA) is 66.4 Å². The zero-order valence-electron chi connectivity index (χ0n) is 10.1. The highest BCUT2D eigenvalue weighted by Crippen LogP contribution is 2.23. The molecule has 0 atom stereocenters. The Balaban J connectivity index is 2.17. The van der Waals surface area contributed by atoms with Crippen molar-refractivity contribution in [2.75, 3.05) is 5.32 Å². The summed E-state index contributed by atoms with van der Waals surface area (Å²) in [7, 11) is 0. The van der Waals surface area contributed by atoms with Crippen molar-refractivity contribution in [3.05, 3.63) is 62.5 Å². The zero-order valence-corrected chi connectivity index (χ0v) is 13.2. The molecule has 0 aliphatic heterocycles. The maximum Gasteiger partial charge on any atom is 0.335 e. The summed E-state index contributed by atoms with van der Waals surface area (Å²) in [4.78, 5) is 22.8. The molecule has 0 bridgehead atoms. The molecule has 0 heterocycles. The van der Waals surface area contributed by atoms with Gasteiger partial charge in [-0.15, -0.1) is 0 Å². The van der Waals surface area contributed by atoms with E-state index in [1.807, 2.05) is 6.07 Å². The first-order valence-corrected chi connectivity index (χ1v) is 7.15. The summed E-state index contributed by atoms with van der Waals surface area (Å²) in [6.45, 7) is 0. The number of carbonyl (C=O) groups excluding carboxylic acids is 1. The number of rotatable bonds is 3. The number of aromatic carboxylic acids is 1. The quantitative estimate of drug-likeness (QED) is 0.815. The normalized spacial score (nSPS) is 10.1. The summed E-state index contributed by atoms with van der Waals surface area (Å²) in [6.07, 6.45) is 0. The van der Waals surface area contributed by atoms with Crippen LogP contribution in [-0.2, 0) is 0 Å². The molecular formula is C14H9Br2NO3. The van der Waals surface area contributed by atoms with Crippen molar-refractivity contribution < 1.29 is 14.7 Å². The Bertz CT molecular complexity index is 648. The number of hydrogen-bond donors (Lipinski definition) is 2. The van der Waals surface area contributed by atoms with E-state index in [0.717, 1.165) is 8.95 Å². The van der Waals surface area contributed by atoms with E-state index in [4.69, 9.17) is 5.11 Å². The third-order valence-electron chi connectivity index (χ3n) is 2.51. The molecule has 0 aliphatic rings. The summed E-state index contributed by atoms with van der Waals surface area (Å²) >= 11 is 6.68. The maximum absolute atomic E-state index is 12.0. The second-order valence-corrected chi connectivity index (χ2v) is 5.83. The van der Waals surface area contributed by atoms with Gasteiger partial charge in [0.05, 0.1) is 5.56 Å². The number of benzene rings is 2. The summed E-state index contributed by atoms with van der Waals surface area (Å²) in [5.74, 6) is -1.32. The van der Waals surface area contributed by atoms with E-state index >= 15 is 0 Å². The lowest BCUT2D eigenvalue weighted by Crippen LogP contribution is -2.12. The van der Waals surface area contributed by atoms with E-state index in [9.17, 15) is 9.59 Å².